The number of nitrogens with one attached hydrogen (secondary N) is 1. The van der Waals surface area contributed by atoms with Crippen LogP contribution in [0.2, 0.25) is 5.02 Å². The second-order valence-electron chi connectivity index (χ2n) is 4.30. The molecule has 1 aromatic heterocycles. The molecule has 0 aliphatic heterocycles. The second-order valence-corrected chi connectivity index (χ2v) is 5.91. The average Bonchev–Trinajstić information content (AvgIpc) is 2.87. The van der Waals surface area contributed by atoms with Gasteiger partial charge in [-0.15, -0.1) is 11.3 Å². The van der Waals surface area contributed by atoms with E-state index in [0.717, 1.165) is 27.6 Å². The maximum Gasteiger partial charge on any atom is 0.288 e. The van der Waals surface area contributed by atoms with Crippen molar-refractivity contribution in [2.75, 3.05) is 5.32 Å². The molecular weight excluding hydrogens is 298 g/mol. The molecule has 5 nitrogen and oxygen atoms in total. The van der Waals surface area contributed by atoms with Crippen LogP contribution in [0.25, 0.3) is 0 Å². The Labute approximate surface area is 125 Å². The summed E-state index contributed by atoms with van der Waals surface area (Å²) in [7, 11) is 0. The Morgan fingerprint density at radius 2 is 2.25 bits per heavy atom. The van der Waals surface area contributed by atoms with E-state index in [0.29, 0.717) is 6.54 Å². The lowest BCUT2D eigenvalue weighted by Crippen LogP contribution is -2.00. The topological polar surface area (TPSA) is 68.1 Å². The molecule has 0 saturated carbocycles. The number of nitrogens with zero attached hydrogens (tertiary/aromatic N) is 2. The monoisotopic (exact) mass is 311 g/mol. The Morgan fingerprint density at radius 3 is 2.85 bits per heavy atom. The molecular formula is C13H14ClN3O2S. The molecule has 2 rings (SSSR count). The number of benzene rings is 1. The molecule has 0 aliphatic rings. The molecule has 0 bridgehead atoms. The van der Waals surface area contributed by atoms with Gasteiger partial charge in [-0.2, -0.15) is 0 Å². The number of anilines is 1. The van der Waals surface area contributed by atoms with Crippen molar-refractivity contribution >= 4 is 34.3 Å². The SMILES string of the molecule is CCc1ncc(CNc2cc(Cl)c([N+](=O)[O-])cc2C)s1. The smallest absolute Gasteiger partial charge is 0.288 e. The maximum absolute atomic E-state index is 10.8. The van der Waals surface area contributed by atoms with Crippen LogP contribution < -0.4 is 5.32 Å². The van der Waals surface area contributed by atoms with Gasteiger partial charge in [-0.25, -0.2) is 4.98 Å². The molecule has 1 aromatic carbocycles. The molecule has 0 fully saturated rings. The van der Waals surface area contributed by atoms with Crippen LogP contribution in [-0.4, -0.2) is 9.91 Å². The van der Waals surface area contributed by atoms with E-state index in [1.807, 2.05) is 13.1 Å². The fraction of sp³-hybridized carbons (Fsp3) is 0.308. The number of nitro groups is 1. The number of hydrogen-bond donors (Lipinski definition) is 1. The standard InChI is InChI=1S/C13H14ClN3O2S/c1-3-13-16-7-9(20-13)6-15-11-5-10(14)12(17(18)19)4-8(11)2/h4-5,7,15H,3,6H2,1-2H3. The van der Waals surface area contributed by atoms with Gasteiger partial charge in [0.05, 0.1) is 16.5 Å². The van der Waals surface area contributed by atoms with Crippen LogP contribution in [0.3, 0.4) is 0 Å². The highest BCUT2D eigenvalue weighted by Gasteiger charge is 2.15. The minimum atomic E-state index is -0.476. The van der Waals surface area contributed by atoms with Crippen molar-refractivity contribution in [1.29, 1.82) is 0 Å². The molecule has 7 heteroatoms. The number of nitro benzene ring substituents is 1. The van der Waals surface area contributed by atoms with Gasteiger partial charge < -0.3 is 5.32 Å². The summed E-state index contributed by atoms with van der Waals surface area (Å²) < 4.78 is 0. The Hall–Kier alpha value is -1.66. The summed E-state index contributed by atoms with van der Waals surface area (Å²) in [5.74, 6) is 0. The quantitative estimate of drug-likeness (QED) is 0.664. The largest absolute Gasteiger partial charge is 0.380 e. The number of halogens is 1. The van der Waals surface area contributed by atoms with Crippen molar-refractivity contribution in [1.82, 2.24) is 4.98 Å². The number of rotatable bonds is 5. The Morgan fingerprint density at radius 1 is 1.50 bits per heavy atom. The van der Waals surface area contributed by atoms with E-state index in [1.54, 1.807) is 17.4 Å². The summed E-state index contributed by atoms with van der Waals surface area (Å²) in [5.41, 5.74) is 1.52. The van der Waals surface area contributed by atoms with Crippen LogP contribution in [-0.2, 0) is 13.0 Å². The minimum absolute atomic E-state index is 0.0687. The number of aromatic nitrogens is 1. The number of aryl methyl sites for hydroxylation is 2. The molecule has 0 unspecified atom stereocenters. The van der Waals surface area contributed by atoms with E-state index >= 15 is 0 Å². The summed E-state index contributed by atoms with van der Waals surface area (Å²) in [6.07, 6.45) is 2.77. The normalized spacial score (nSPS) is 10.6. The van der Waals surface area contributed by atoms with Crippen molar-refractivity contribution in [2.45, 2.75) is 26.8 Å². The molecule has 106 valence electrons. The predicted molar refractivity (Wildman–Crippen MR) is 81.7 cm³/mol. The summed E-state index contributed by atoms with van der Waals surface area (Å²) >= 11 is 7.57. The van der Waals surface area contributed by atoms with Crippen molar-refractivity contribution < 1.29 is 4.92 Å². The molecule has 1 heterocycles. The molecule has 0 spiro atoms. The predicted octanol–water partition coefficient (Wildman–Crippen LogP) is 4.19. The van der Waals surface area contributed by atoms with Gasteiger partial charge in [0.1, 0.15) is 5.02 Å². The summed E-state index contributed by atoms with van der Waals surface area (Å²) in [6, 6.07) is 3.08. The van der Waals surface area contributed by atoms with Crippen LogP contribution in [0.15, 0.2) is 18.3 Å². The zero-order valence-electron chi connectivity index (χ0n) is 11.1. The highest BCUT2D eigenvalue weighted by Crippen LogP contribution is 2.31. The first kappa shape index (κ1) is 14.7. The number of thiazole rings is 1. The zero-order chi connectivity index (χ0) is 14.7. The van der Waals surface area contributed by atoms with E-state index in [4.69, 9.17) is 11.6 Å². The molecule has 0 saturated heterocycles. The fourth-order valence-electron chi connectivity index (χ4n) is 1.77. The molecule has 20 heavy (non-hydrogen) atoms. The molecule has 2 aromatic rings. The summed E-state index contributed by atoms with van der Waals surface area (Å²) in [4.78, 5) is 15.7. The van der Waals surface area contributed by atoms with Crippen LogP contribution in [0.1, 0.15) is 22.4 Å². The number of hydrogen-bond acceptors (Lipinski definition) is 5. The van der Waals surface area contributed by atoms with E-state index in [1.165, 1.54) is 6.07 Å². The lowest BCUT2D eigenvalue weighted by Gasteiger charge is -2.09. The highest BCUT2D eigenvalue weighted by atomic mass is 35.5. The van der Waals surface area contributed by atoms with E-state index in [9.17, 15) is 10.1 Å². The van der Waals surface area contributed by atoms with E-state index < -0.39 is 4.92 Å². The van der Waals surface area contributed by atoms with Gasteiger partial charge in [0.25, 0.3) is 5.69 Å². The van der Waals surface area contributed by atoms with Gasteiger partial charge in [0, 0.05) is 22.8 Å². The van der Waals surface area contributed by atoms with Gasteiger partial charge in [0.2, 0.25) is 0 Å². The third-order valence-electron chi connectivity index (χ3n) is 2.85. The molecule has 0 aliphatic carbocycles. The molecule has 0 amide bonds. The van der Waals surface area contributed by atoms with Crippen molar-refractivity contribution in [3.05, 3.63) is 48.9 Å². The summed E-state index contributed by atoms with van der Waals surface area (Å²) in [5, 5.41) is 15.3. The molecule has 0 atom stereocenters. The van der Waals surface area contributed by atoms with Gasteiger partial charge >= 0.3 is 0 Å². The summed E-state index contributed by atoms with van der Waals surface area (Å²) in [6.45, 7) is 4.51. The van der Waals surface area contributed by atoms with E-state index in [-0.39, 0.29) is 10.7 Å². The second kappa shape index (κ2) is 6.19. The first-order valence-electron chi connectivity index (χ1n) is 6.13. The Balaban J connectivity index is 2.13. The first-order chi connectivity index (χ1) is 9.51. The zero-order valence-corrected chi connectivity index (χ0v) is 12.7. The van der Waals surface area contributed by atoms with Crippen molar-refractivity contribution in [3.63, 3.8) is 0 Å². The lowest BCUT2D eigenvalue weighted by molar-refractivity contribution is -0.384. The van der Waals surface area contributed by atoms with Crippen LogP contribution in [0.5, 0.6) is 0 Å². The fourth-order valence-corrected chi connectivity index (χ4v) is 2.81. The van der Waals surface area contributed by atoms with Crippen LogP contribution >= 0.6 is 22.9 Å². The lowest BCUT2D eigenvalue weighted by atomic mass is 10.2. The van der Waals surface area contributed by atoms with Crippen molar-refractivity contribution in [2.24, 2.45) is 0 Å². The minimum Gasteiger partial charge on any atom is -0.380 e. The third kappa shape index (κ3) is 3.26. The van der Waals surface area contributed by atoms with Gasteiger partial charge in [0.15, 0.2) is 0 Å². The molecule has 1 N–H and O–H groups in total. The van der Waals surface area contributed by atoms with Gasteiger partial charge in [-0.3, -0.25) is 10.1 Å². The van der Waals surface area contributed by atoms with Crippen molar-refractivity contribution in [3.8, 4) is 0 Å². The van der Waals surface area contributed by atoms with Gasteiger partial charge in [-0.1, -0.05) is 18.5 Å². The van der Waals surface area contributed by atoms with Gasteiger partial charge in [-0.05, 0) is 25.0 Å². The first-order valence-corrected chi connectivity index (χ1v) is 7.32. The van der Waals surface area contributed by atoms with Crippen LogP contribution in [0, 0.1) is 17.0 Å². The average molecular weight is 312 g/mol. The Bertz CT molecular complexity index is 643. The Kier molecular flexibility index (Phi) is 4.57. The highest BCUT2D eigenvalue weighted by molar-refractivity contribution is 7.11. The third-order valence-corrected chi connectivity index (χ3v) is 4.29. The maximum atomic E-state index is 10.8. The van der Waals surface area contributed by atoms with Crippen LogP contribution in [0.4, 0.5) is 11.4 Å². The van der Waals surface area contributed by atoms with E-state index in [2.05, 4.69) is 17.2 Å². The molecule has 0 radical (unpaired) electrons.